The van der Waals surface area contributed by atoms with E-state index in [9.17, 15) is 9.59 Å². The average Bonchev–Trinajstić information content (AvgIpc) is 3.04. The van der Waals surface area contributed by atoms with Gasteiger partial charge in [0.05, 0.1) is 6.42 Å². The minimum Gasteiger partial charge on any atom is -0.340 e. The zero-order chi connectivity index (χ0) is 21.0. The first-order chi connectivity index (χ1) is 13.7. The smallest absolute Gasteiger partial charge is 0.227 e. The molecule has 0 aromatic heterocycles. The first kappa shape index (κ1) is 21.1. The van der Waals surface area contributed by atoms with Gasteiger partial charge in [0, 0.05) is 37.2 Å². The van der Waals surface area contributed by atoms with Crippen molar-refractivity contribution in [3.05, 3.63) is 65.7 Å². The molecule has 5 nitrogen and oxygen atoms in total. The predicted molar refractivity (Wildman–Crippen MR) is 117 cm³/mol. The van der Waals surface area contributed by atoms with Gasteiger partial charge in [0.2, 0.25) is 11.8 Å². The molecular weight excluding hydrogens is 362 g/mol. The van der Waals surface area contributed by atoms with E-state index in [2.05, 4.69) is 17.4 Å². The number of anilines is 1. The summed E-state index contributed by atoms with van der Waals surface area (Å²) in [5.41, 5.74) is 9.13. The van der Waals surface area contributed by atoms with E-state index in [0.29, 0.717) is 25.9 Å². The zero-order valence-electron chi connectivity index (χ0n) is 17.5. The lowest BCUT2D eigenvalue weighted by Crippen LogP contribution is -2.33. The predicted octanol–water partition coefficient (Wildman–Crippen LogP) is 3.56. The van der Waals surface area contributed by atoms with Crippen LogP contribution in [0, 0.1) is 5.41 Å². The fraction of sp³-hybridized carbons (Fsp3) is 0.417. The van der Waals surface area contributed by atoms with Crippen LogP contribution >= 0.6 is 0 Å². The van der Waals surface area contributed by atoms with Gasteiger partial charge in [0.15, 0.2) is 0 Å². The lowest BCUT2D eigenvalue weighted by atomic mass is 9.92. The molecule has 5 heteroatoms. The van der Waals surface area contributed by atoms with Gasteiger partial charge < -0.3 is 16.0 Å². The van der Waals surface area contributed by atoms with E-state index < -0.39 is 0 Å². The van der Waals surface area contributed by atoms with Crippen molar-refractivity contribution < 1.29 is 9.59 Å². The molecule has 1 saturated heterocycles. The van der Waals surface area contributed by atoms with Gasteiger partial charge in [0.25, 0.3) is 0 Å². The maximum Gasteiger partial charge on any atom is 0.227 e. The molecule has 154 valence electrons. The Bertz CT molecular complexity index is 841. The molecule has 0 bridgehead atoms. The first-order valence-corrected chi connectivity index (χ1v) is 10.2. The number of benzene rings is 2. The molecule has 0 spiro atoms. The highest BCUT2D eigenvalue weighted by Crippen LogP contribution is 2.27. The number of nitrogens with one attached hydrogen (secondary N) is 1. The molecule has 2 aromatic carbocycles. The minimum atomic E-state index is -0.0510. The van der Waals surface area contributed by atoms with Crippen molar-refractivity contribution in [2.24, 2.45) is 11.1 Å². The zero-order valence-corrected chi connectivity index (χ0v) is 17.5. The van der Waals surface area contributed by atoms with Crippen LogP contribution in [0.4, 0.5) is 5.69 Å². The van der Waals surface area contributed by atoms with Gasteiger partial charge in [-0.15, -0.1) is 0 Å². The Balaban J connectivity index is 1.55. The normalized spacial score (nSPS) is 19.2. The fourth-order valence-electron chi connectivity index (χ4n) is 3.76. The summed E-state index contributed by atoms with van der Waals surface area (Å²) < 4.78 is 0. The quantitative estimate of drug-likeness (QED) is 0.816. The average molecular weight is 394 g/mol. The summed E-state index contributed by atoms with van der Waals surface area (Å²) in [4.78, 5) is 26.7. The monoisotopic (exact) mass is 393 g/mol. The Morgan fingerprint density at radius 3 is 2.31 bits per heavy atom. The summed E-state index contributed by atoms with van der Waals surface area (Å²) in [5, 5.41) is 2.91. The van der Waals surface area contributed by atoms with E-state index in [4.69, 9.17) is 5.73 Å². The minimum absolute atomic E-state index is 0.000616. The second-order valence-corrected chi connectivity index (χ2v) is 9.14. The van der Waals surface area contributed by atoms with Gasteiger partial charge in [-0.25, -0.2) is 0 Å². The van der Waals surface area contributed by atoms with Crippen molar-refractivity contribution in [2.45, 2.75) is 45.6 Å². The molecule has 0 saturated carbocycles. The molecule has 0 unspecified atom stereocenters. The van der Waals surface area contributed by atoms with Crippen LogP contribution in [-0.2, 0) is 16.0 Å². The van der Waals surface area contributed by atoms with Crippen molar-refractivity contribution in [2.75, 3.05) is 18.4 Å². The summed E-state index contributed by atoms with van der Waals surface area (Å²) in [6, 6.07) is 17.6. The van der Waals surface area contributed by atoms with Gasteiger partial charge in [-0.1, -0.05) is 63.2 Å². The SMILES string of the molecule is CC(C)(C)CC(=O)Nc1ccc(CC(=O)N2C[C@@H](N)[C@H](c3ccccc3)C2)cc1. The van der Waals surface area contributed by atoms with Crippen LogP contribution in [0.3, 0.4) is 0 Å². The second kappa shape index (κ2) is 8.78. The van der Waals surface area contributed by atoms with Crippen molar-refractivity contribution in [3.63, 3.8) is 0 Å². The van der Waals surface area contributed by atoms with Crippen LogP contribution in [-0.4, -0.2) is 35.8 Å². The fourth-order valence-corrected chi connectivity index (χ4v) is 3.76. The standard InChI is InChI=1S/C24H31N3O2/c1-24(2,3)14-22(28)26-19-11-9-17(10-12-19)13-23(29)27-15-20(21(25)16-27)18-7-5-4-6-8-18/h4-12,20-21H,13-16,25H2,1-3H3,(H,26,28)/t20-,21+/m0/s1. The van der Waals surface area contributed by atoms with E-state index >= 15 is 0 Å². The lowest BCUT2D eigenvalue weighted by molar-refractivity contribution is -0.129. The summed E-state index contributed by atoms with van der Waals surface area (Å²) in [6.45, 7) is 7.35. The molecule has 3 N–H and O–H groups in total. The van der Waals surface area contributed by atoms with Gasteiger partial charge in [-0.3, -0.25) is 9.59 Å². The number of nitrogens with two attached hydrogens (primary N) is 1. The molecule has 2 amide bonds. The van der Waals surface area contributed by atoms with E-state index in [1.165, 1.54) is 5.56 Å². The van der Waals surface area contributed by atoms with E-state index in [0.717, 1.165) is 11.3 Å². The number of likely N-dealkylation sites (tertiary alicyclic amines) is 1. The van der Waals surface area contributed by atoms with Crippen LogP contribution < -0.4 is 11.1 Å². The van der Waals surface area contributed by atoms with E-state index in [1.54, 1.807) is 0 Å². The highest BCUT2D eigenvalue weighted by atomic mass is 16.2. The molecule has 0 aliphatic carbocycles. The number of carbonyl (C=O) groups is 2. The number of hydrogen-bond donors (Lipinski definition) is 2. The third kappa shape index (κ3) is 5.91. The summed E-state index contributed by atoms with van der Waals surface area (Å²) in [7, 11) is 0. The molecule has 2 aromatic rings. The number of hydrogen-bond acceptors (Lipinski definition) is 3. The first-order valence-electron chi connectivity index (χ1n) is 10.2. The van der Waals surface area contributed by atoms with Crippen molar-refractivity contribution in [3.8, 4) is 0 Å². The number of amides is 2. The van der Waals surface area contributed by atoms with Crippen molar-refractivity contribution in [1.82, 2.24) is 4.90 Å². The van der Waals surface area contributed by atoms with E-state index in [1.807, 2.05) is 68.1 Å². The number of carbonyl (C=O) groups excluding carboxylic acids is 2. The highest BCUT2D eigenvalue weighted by molar-refractivity contribution is 5.91. The third-order valence-electron chi connectivity index (χ3n) is 5.23. The van der Waals surface area contributed by atoms with Crippen molar-refractivity contribution in [1.29, 1.82) is 0 Å². The number of rotatable bonds is 5. The molecule has 0 radical (unpaired) electrons. The van der Waals surface area contributed by atoms with Crippen LogP contribution in [0.2, 0.25) is 0 Å². The molecule has 2 atom stereocenters. The van der Waals surface area contributed by atoms with Gasteiger partial charge in [0.1, 0.15) is 0 Å². The van der Waals surface area contributed by atoms with Crippen LogP contribution in [0.5, 0.6) is 0 Å². The summed E-state index contributed by atoms with van der Waals surface area (Å²) in [5.74, 6) is 0.267. The maximum absolute atomic E-state index is 12.8. The second-order valence-electron chi connectivity index (χ2n) is 9.14. The molecule has 29 heavy (non-hydrogen) atoms. The van der Waals surface area contributed by atoms with Gasteiger partial charge in [-0.05, 0) is 28.7 Å². The van der Waals surface area contributed by atoms with Crippen LogP contribution in [0.15, 0.2) is 54.6 Å². The summed E-state index contributed by atoms with van der Waals surface area (Å²) >= 11 is 0. The molecule has 3 rings (SSSR count). The lowest BCUT2D eigenvalue weighted by Gasteiger charge is -2.18. The van der Waals surface area contributed by atoms with Crippen molar-refractivity contribution >= 4 is 17.5 Å². The maximum atomic E-state index is 12.8. The van der Waals surface area contributed by atoms with Crippen LogP contribution in [0.1, 0.15) is 44.2 Å². The number of nitrogens with zero attached hydrogens (tertiary/aromatic N) is 1. The Morgan fingerprint density at radius 1 is 1.03 bits per heavy atom. The Kier molecular flexibility index (Phi) is 6.38. The third-order valence-corrected chi connectivity index (χ3v) is 5.23. The Hall–Kier alpha value is -2.66. The topological polar surface area (TPSA) is 75.4 Å². The summed E-state index contributed by atoms with van der Waals surface area (Å²) in [6.07, 6.45) is 0.801. The van der Waals surface area contributed by atoms with Gasteiger partial charge in [-0.2, -0.15) is 0 Å². The molecule has 1 aliphatic heterocycles. The molecule has 1 heterocycles. The Morgan fingerprint density at radius 2 is 1.69 bits per heavy atom. The highest BCUT2D eigenvalue weighted by Gasteiger charge is 2.33. The van der Waals surface area contributed by atoms with Crippen LogP contribution in [0.25, 0.3) is 0 Å². The molecular formula is C24H31N3O2. The molecule has 1 fully saturated rings. The van der Waals surface area contributed by atoms with E-state index in [-0.39, 0.29) is 29.2 Å². The largest absolute Gasteiger partial charge is 0.340 e. The van der Waals surface area contributed by atoms with Gasteiger partial charge >= 0.3 is 0 Å². The Labute approximate surface area is 173 Å². The molecule has 1 aliphatic rings.